The molecule has 1 aliphatic carbocycles. The minimum Gasteiger partial charge on any atom is -0.405 e. The lowest BCUT2D eigenvalue weighted by Gasteiger charge is -2.40. The first-order valence-corrected chi connectivity index (χ1v) is 12.3. The van der Waals surface area contributed by atoms with E-state index in [1.165, 1.54) is 18.2 Å². The summed E-state index contributed by atoms with van der Waals surface area (Å²) >= 11 is 0. The van der Waals surface area contributed by atoms with Crippen molar-refractivity contribution in [2.24, 2.45) is 0 Å². The molecule has 6 rings (SSSR count). The maximum absolute atomic E-state index is 13.8. The Hall–Kier alpha value is -3.07. The maximum Gasteiger partial charge on any atom is 0.573 e. The van der Waals surface area contributed by atoms with Crippen LogP contribution in [0.4, 0.5) is 23.2 Å². The minimum atomic E-state index is -4.81. The topological polar surface area (TPSA) is 47.7 Å². The number of hydrogen-bond acceptors (Lipinski definition) is 5. The zero-order chi connectivity index (χ0) is 24.9. The van der Waals surface area contributed by atoms with E-state index in [0.717, 1.165) is 44.2 Å². The number of piperidine rings is 1. The molecule has 5 nitrogen and oxygen atoms in total. The highest BCUT2D eigenvalue weighted by Gasteiger charge is 2.42. The van der Waals surface area contributed by atoms with Crippen LogP contribution in [-0.4, -0.2) is 29.7 Å². The molecule has 1 saturated carbocycles. The van der Waals surface area contributed by atoms with Gasteiger partial charge in [0.1, 0.15) is 23.0 Å². The molecule has 9 heteroatoms. The lowest BCUT2D eigenvalue weighted by molar-refractivity contribution is -0.274. The zero-order valence-corrected chi connectivity index (χ0v) is 19.5. The van der Waals surface area contributed by atoms with Gasteiger partial charge in [-0.2, -0.15) is 0 Å². The second-order valence-electron chi connectivity index (χ2n) is 9.87. The molecule has 2 aliphatic heterocycles. The maximum atomic E-state index is 13.8. The van der Waals surface area contributed by atoms with Gasteiger partial charge in [-0.15, -0.1) is 13.2 Å². The Morgan fingerprint density at radius 1 is 0.972 bits per heavy atom. The first kappa shape index (κ1) is 23.3. The monoisotopic (exact) mass is 502 g/mol. The number of rotatable bonds is 7. The SMILES string of the molecule is Fc1cccc(N2C3CCC2CC(OCc2c(-c4ccccc4OC(F)(F)F)noc2C2CC2)C3)c1. The first-order chi connectivity index (χ1) is 17.4. The average molecular weight is 503 g/mol. The van der Waals surface area contributed by atoms with Crippen LogP contribution in [0.15, 0.2) is 53.1 Å². The van der Waals surface area contributed by atoms with Gasteiger partial charge in [0.15, 0.2) is 0 Å². The predicted molar refractivity (Wildman–Crippen MR) is 124 cm³/mol. The number of benzene rings is 2. The summed E-state index contributed by atoms with van der Waals surface area (Å²) in [4.78, 5) is 2.31. The molecule has 2 bridgehead atoms. The van der Waals surface area contributed by atoms with E-state index < -0.39 is 6.36 Å². The molecular weight excluding hydrogens is 476 g/mol. The van der Waals surface area contributed by atoms with E-state index in [1.54, 1.807) is 24.3 Å². The fourth-order valence-electron chi connectivity index (χ4n) is 5.74. The van der Waals surface area contributed by atoms with Crippen LogP contribution in [0.2, 0.25) is 0 Å². The highest BCUT2D eigenvalue weighted by Crippen LogP contribution is 2.46. The van der Waals surface area contributed by atoms with Gasteiger partial charge in [0.2, 0.25) is 0 Å². The van der Waals surface area contributed by atoms with Gasteiger partial charge < -0.3 is 18.9 Å². The smallest absolute Gasteiger partial charge is 0.405 e. The third-order valence-electron chi connectivity index (χ3n) is 7.39. The summed E-state index contributed by atoms with van der Waals surface area (Å²) in [5, 5.41) is 4.16. The summed E-state index contributed by atoms with van der Waals surface area (Å²) in [5.74, 6) is 0.342. The van der Waals surface area contributed by atoms with Crippen LogP contribution in [0.5, 0.6) is 5.75 Å². The molecule has 3 aromatic rings. The molecular formula is C27H26F4N2O3. The van der Waals surface area contributed by atoms with E-state index in [1.807, 2.05) is 6.07 Å². The minimum absolute atomic E-state index is 0.0104. The number of ether oxygens (including phenoxy) is 2. The molecule has 1 aromatic heterocycles. The molecule has 3 fully saturated rings. The number of alkyl halides is 3. The number of fused-ring (bicyclic) bond motifs is 2. The van der Waals surface area contributed by atoms with Crippen LogP contribution in [0.3, 0.4) is 0 Å². The van der Waals surface area contributed by atoms with Crippen molar-refractivity contribution in [3.8, 4) is 17.0 Å². The van der Waals surface area contributed by atoms with Crippen molar-refractivity contribution in [3.63, 3.8) is 0 Å². The number of aromatic nitrogens is 1. The zero-order valence-electron chi connectivity index (χ0n) is 19.5. The number of halogens is 4. The number of para-hydroxylation sites is 1. The highest BCUT2D eigenvalue weighted by atomic mass is 19.4. The third-order valence-corrected chi connectivity index (χ3v) is 7.39. The Morgan fingerprint density at radius 2 is 1.72 bits per heavy atom. The number of nitrogens with zero attached hydrogens (tertiary/aromatic N) is 2. The number of hydrogen-bond donors (Lipinski definition) is 0. The van der Waals surface area contributed by atoms with Crippen molar-refractivity contribution in [2.45, 2.75) is 75.6 Å². The standard InChI is InChI=1S/C27H26F4N2O3/c28-17-4-3-5-18(12-17)33-19-10-11-20(33)14-21(13-19)34-15-23-25(32-36-26(23)16-8-9-16)22-6-1-2-7-24(22)35-27(29,30)31/h1-7,12,16,19-21H,8-11,13-15H2. The Morgan fingerprint density at radius 3 is 2.42 bits per heavy atom. The lowest BCUT2D eigenvalue weighted by atomic mass is 9.98. The van der Waals surface area contributed by atoms with Gasteiger partial charge in [-0.05, 0) is 68.9 Å². The van der Waals surface area contributed by atoms with Gasteiger partial charge in [-0.25, -0.2) is 4.39 Å². The summed E-state index contributed by atoms with van der Waals surface area (Å²) in [6.07, 6.45) is 0.746. The molecule has 36 heavy (non-hydrogen) atoms. The van der Waals surface area contributed by atoms with Crippen molar-refractivity contribution in [1.29, 1.82) is 0 Å². The molecule has 2 aromatic carbocycles. The van der Waals surface area contributed by atoms with Crippen molar-refractivity contribution in [2.75, 3.05) is 4.90 Å². The van der Waals surface area contributed by atoms with E-state index in [0.29, 0.717) is 17.0 Å². The van der Waals surface area contributed by atoms with E-state index in [2.05, 4.69) is 14.8 Å². The van der Waals surface area contributed by atoms with Crippen LogP contribution in [-0.2, 0) is 11.3 Å². The molecule has 3 aliphatic rings. The summed E-state index contributed by atoms with van der Waals surface area (Å²) in [5.41, 5.74) is 2.15. The predicted octanol–water partition coefficient (Wildman–Crippen LogP) is 6.97. The third kappa shape index (κ3) is 4.68. The molecule has 2 saturated heterocycles. The molecule has 3 heterocycles. The molecule has 0 spiro atoms. The normalized spacial score (nSPS) is 23.8. The van der Waals surface area contributed by atoms with Crippen molar-refractivity contribution in [1.82, 2.24) is 5.16 Å². The van der Waals surface area contributed by atoms with Crippen molar-refractivity contribution >= 4 is 5.69 Å². The van der Waals surface area contributed by atoms with Crippen molar-refractivity contribution in [3.05, 3.63) is 65.7 Å². The summed E-state index contributed by atoms with van der Waals surface area (Å²) < 4.78 is 69.1. The summed E-state index contributed by atoms with van der Waals surface area (Å²) in [7, 11) is 0. The second kappa shape index (κ2) is 9.10. The lowest BCUT2D eigenvalue weighted by Crippen LogP contribution is -2.45. The van der Waals surface area contributed by atoms with Gasteiger partial charge in [0.05, 0.1) is 12.7 Å². The second-order valence-corrected chi connectivity index (χ2v) is 9.87. The summed E-state index contributed by atoms with van der Waals surface area (Å²) in [6.45, 7) is 0.203. The van der Waals surface area contributed by atoms with Gasteiger partial charge in [0, 0.05) is 34.8 Å². The molecule has 0 radical (unpaired) electrons. The van der Waals surface area contributed by atoms with E-state index in [-0.39, 0.29) is 47.8 Å². The molecule has 2 atom stereocenters. The van der Waals surface area contributed by atoms with Gasteiger partial charge in [-0.1, -0.05) is 23.4 Å². The summed E-state index contributed by atoms with van der Waals surface area (Å²) in [6, 6.07) is 13.2. The van der Waals surface area contributed by atoms with Crippen LogP contribution in [0, 0.1) is 5.82 Å². The molecule has 190 valence electrons. The molecule has 2 unspecified atom stereocenters. The Labute approximate surface area is 206 Å². The van der Waals surface area contributed by atoms with E-state index >= 15 is 0 Å². The number of anilines is 1. The van der Waals surface area contributed by atoms with E-state index in [4.69, 9.17) is 9.26 Å². The average Bonchev–Trinajstić information content (AvgIpc) is 3.53. The fraction of sp³-hybridized carbons (Fsp3) is 0.444. The van der Waals surface area contributed by atoms with Crippen LogP contribution in [0.1, 0.15) is 55.8 Å². The van der Waals surface area contributed by atoms with Gasteiger partial charge in [0.25, 0.3) is 0 Å². The van der Waals surface area contributed by atoms with Gasteiger partial charge in [-0.3, -0.25) is 0 Å². The Kier molecular flexibility index (Phi) is 5.90. The first-order valence-electron chi connectivity index (χ1n) is 12.3. The fourth-order valence-corrected chi connectivity index (χ4v) is 5.74. The van der Waals surface area contributed by atoms with Gasteiger partial charge >= 0.3 is 6.36 Å². The van der Waals surface area contributed by atoms with Crippen molar-refractivity contribution < 1.29 is 31.6 Å². The van der Waals surface area contributed by atoms with E-state index in [9.17, 15) is 17.6 Å². The Balaban J connectivity index is 1.21. The Bertz CT molecular complexity index is 1230. The quantitative estimate of drug-likeness (QED) is 0.327. The van der Waals surface area contributed by atoms with Crippen LogP contribution in [0.25, 0.3) is 11.3 Å². The van der Waals surface area contributed by atoms with Crippen LogP contribution < -0.4 is 9.64 Å². The highest BCUT2D eigenvalue weighted by molar-refractivity contribution is 5.70. The molecule has 0 N–H and O–H groups in total. The largest absolute Gasteiger partial charge is 0.573 e. The molecule has 0 amide bonds. The van der Waals surface area contributed by atoms with Crippen LogP contribution >= 0.6 is 0 Å².